The van der Waals surface area contributed by atoms with Crippen LogP contribution in [-0.4, -0.2) is 15.0 Å². The Morgan fingerprint density at radius 2 is 1.80 bits per heavy atom. The van der Waals surface area contributed by atoms with E-state index in [1.54, 1.807) is 6.20 Å². The predicted octanol–water partition coefficient (Wildman–Crippen LogP) is 4.12. The van der Waals surface area contributed by atoms with E-state index in [0.29, 0.717) is 5.92 Å². The summed E-state index contributed by atoms with van der Waals surface area (Å²) in [5.41, 5.74) is 6.18. The summed E-state index contributed by atoms with van der Waals surface area (Å²) in [6, 6.07) is 8.22. The lowest BCUT2D eigenvalue weighted by Crippen LogP contribution is -1.97. The first kappa shape index (κ1) is 12.7. The minimum absolute atomic E-state index is 0.393. The average molecular weight is 263 g/mol. The van der Waals surface area contributed by atoms with E-state index in [9.17, 15) is 0 Å². The van der Waals surface area contributed by atoms with Gasteiger partial charge in [-0.2, -0.15) is 0 Å². The zero-order valence-electron chi connectivity index (χ0n) is 12.0. The molecule has 0 aliphatic rings. The predicted molar refractivity (Wildman–Crippen MR) is 81.6 cm³/mol. The lowest BCUT2D eigenvalue weighted by Gasteiger charge is -2.09. The molecule has 3 heteroatoms. The zero-order chi connectivity index (χ0) is 14.1. The van der Waals surface area contributed by atoms with E-state index >= 15 is 0 Å². The Hall–Kier alpha value is -2.29. The van der Waals surface area contributed by atoms with Gasteiger partial charge in [-0.1, -0.05) is 38.1 Å². The molecule has 1 aromatic carbocycles. The van der Waals surface area contributed by atoms with E-state index in [4.69, 9.17) is 4.98 Å². The molecular weight excluding hydrogens is 246 g/mol. The maximum Gasteiger partial charge on any atom is 0.108 e. The van der Waals surface area contributed by atoms with E-state index in [-0.39, 0.29) is 0 Å². The molecule has 20 heavy (non-hydrogen) atoms. The summed E-state index contributed by atoms with van der Waals surface area (Å²) in [6.45, 7) is 6.38. The van der Waals surface area contributed by atoms with Gasteiger partial charge in [0.25, 0.3) is 0 Å². The molecule has 2 aromatic heterocycles. The van der Waals surface area contributed by atoms with E-state index < -0.39 is 0 Å². The normalized spacial score (nSPS) is 11.2. The maximum absolute atomic E-state index is 4.72. The first-order valence-corrected chi connectivity index (χ1v) is 6.83. The average Bonchev–Trinajstić information content (AvgIpc) is 2.46. The molecule has 0 bridgehead atoms. The van der Waals surface area contributed by atoms with Crippen LogP contribution in [-0.2, 0) is 0 Å². The number of pyridine rings is 1. The first-order valence-electron chi connectivity index (χ1n) is 6.83. The largest absolute Gasteiger partial charge is 0.262 e. The Kier molecular flexibility index (Phi) is 3.18. The van der Waals surface area contributed by atoms with Crippen molar-refractivity contribution in [3.05, 3.63) is 54.0 Å². The Morgan fingerprint density at radius 1 is 1.00 bits per heavy atom. The quantitative estimate of drug-likeness (QED) is 0.698. The van der Waals surface area contributed by atoms with Crippen LogP contribution >= 0.6 is 0 Å². The standard InChI is InChI=1S/C17H17N3/c1-11(2)14-8-18-9-16-17(14)19-10-15(20-16)13-7-5-4-6-12(13)3/h4-11H,1-3H3. The van der Waals surface area contributed by atoms with Crippen LogP contribution in [0.5, 0.6) is 0 Å². The number of aromatic nitrogens is 3. The van der Waals surface area contributed by atoms with E-state index in [2.05, 4.69) is 42.9 Å². The fourth-order valence-corrected chi connectivity index (χ4v) is 2.38. The van der Waals surface area contributed by atoms with Gasteiger partial charge in [0.15, 0.2) is 0 Å². The van der Waals surface area contributed by atoms with Crippen molar-refractivity contribution in [1.82, 2.24) is 15.0 Å². The molecule has 3 aromatic rings. The minimum atomic E-state index is 0.393. The number of aryl methyl sites for hydroxylation is 1. The highest BCUT2D eigenvalue weighted by molar-refractivity contribution is 5.80. The molecule has 3 nitrogen and oxygen atoms in total. The van der Waals surface area contributed by atoms with Gasteiger partial charge in [-0.05, 0) is 18.4 Å². The van der Waals surface area contributed by atoms with Crippen LogP contribution in [0.25, 0.3) is 22.3 Å². The molecule has 0 fully saturated rings. The van der Waals surface area contributed by atoms with Gasteiger partial charge in [0.1, 0.15) is 5.52 Å². The van der Waals surface area contributed by atoms with Crippen molar-refractivity contribution >= 4 is 11.0 Å². The van der Waals surface area contributed by atoms with Crippen LogP contribution < -0.4 is 0 Å². The SMILES string of the molecule is Cc1ccccc1-c1cnc2c(C(C)C)cncc2n1. The molecule has 3 rings (SSSR count). The van der Waals surface area contributed by atoms with Gasteiger partial charge in [-0.3, -0.25) is 9.97 Å². The van der Waals surface area contributed by atoms with Crippen molar-refractivity contribution in [2.24, 2.45) is 0 Å². The van der Waals surface area contributed by atoms with Crippen LogP contribution in [0.3, 0.4) is 0 Å². The molecule has 0 aliphatic heterocycles. The van der Waals surface area contributed by atoms with Crippen LogP contribution in [0.15, 0.2) is 42.9 Å². The second-order valence-electron chi connectivity index (χ2n) is 5.32. The highest BCUT2D eigenvalue weighted by Crippen LogP contribution is 2.25. The molecule has 0 radical (unpaired) electrons. The highest BCUT2D eigenvalue weighted by atomic mass is 14.8. The van der Waals surface area contributed by atoms with Crippen LogP contribution in [0.4, 0.5) is 0 Å². The summed E-state index contributed by atoms with van der Waals surface area (Å²) >= 11 is 0. The lowest BCUT2D eigenvalue weighted by molar-refractivity contribution is 0.864. The van der Waals surface area contributed by atoms with Crippen molar-refractivity contribution < 1.29 is 0 Å². The van der Waals surface area contributed by atoms with Crippen molar-refractivity contribution in [3.8, 4) is 11.3 Å². The molecule has 0 N–H and O–H groups in total. The smallest absolute Gasteiger partial charge is 0.108 e. The van der Waals surface area contributed by atoms with Gasteiger partial charge in [0.2, 0.25) is 0 Å². The summed E-state index contributed by atoms with van der Waals surface area (Å²) in [7, 11) is 0. The number of hydrogen-bond acceptors (Lipinski definition) is 3. The van der Waals surface area contributed by atoms with Gasteiger partial charge < -0.3 is 0 Å². The van der Waals surface area contributed by atoms with E-state index in [1.807, 2.05) is 24.5 Å². The van der Waals surface area contributed by atoms with Crippen LogP contribution in [0, 0.1) is 6.92 Å². The lowest BCUT2D eigenvalue weighted by atomic mass is 10.0. The molecule has 0 amide bonds. The van der Waals surface area contributed by atoms with Crippen molar-refractivity contribution in [2.45, 2.75) is 26.7 Å². The van der Waals surface area contributed by atoms with Crippen LogP contribution in [0.1, 0.15) is 30.9 Å². The third kappa shape index (κ3) is 2.16. The van der Waals surface area contributed by atoms with Crippen molar-refractivity contribution in [1.29, 1.82) is 0 Å². The van der Waals surface area contributed by atoms with Gasteiger partial charge in [0, 0.05) is 17.3 Å². The van der Waals surface area contributed by atoms with Gasteiger partial charge in [-0.25, -0.2) is 4.98 Å². The van der Waals surface area contributed by atoms with Gasteiger partial charge >= 0.3 is 0 Å². The number of nitrogens with zero attached hydrogens (tertiary/aromatic N) is 3. The number of benzene rings is 1. The van der Waals surface area contributed by atoms with E-state index in [1.165, 1.54) is 5.56 Å². The zero-order valence-corrected chi connectivity index (χ0v) is 12.0. The Labute approximate surface area is 118 Å². The summed E-state index contributed by atoms with van der Waals surface area (Å²) in [5, 5.41) is 0. The number of fused-ring (bicyclic) bond motifs is 1. The molecule has 0 unspecified atom stereocenters. The second-order valence-corrected chi connectivity index (χ2v) is 5.32. The minimum Gasteiger partial charge on any atom is -0.262 e. The molecule has 0 atom stereocenters. The molecule has 100 valence electrons. The number of rotatable bonds is 2. The second kappa shape index (κ2) is 5.00. The molecule has 0 aliphatic carbocycles. The first-order chi connectivity index (χ1) is 9.66. The Balaban J connectivity index is 2.20. The summed E-state index contributed by atoms with van der Waals surface area (Å²) < 4.78 is 0. The molecule has 0 saturated heterocycles. The van der Waals surface area contributed by atoms with Gasteiger partial charge in [-0.15, -0.1) is 0 Å². The monoisotopic (exact) mass is 263 g/mol. The topological polar surface area (TPSA) is 38.7 Å². The molecule has 0 spiro atoms. The number of hydrogen-bond donors (Lipinski definition) is 0. The summed E-state index contributed by atoms with van der Waals surface area (Å²) in [5.74, 6) is 0.393. The maximum atomic E-state index is 4.72. The molecular formula is C17H17N3. The van der Waals surface area contributed by atoms with Crippen molar-refractivity contribution in [2.75, 3.05) is 0 Å². The third-order valence-corrected chi connectivity index (χ3v) is 3.53. The van der Waals surface area contributed by atoms with Crippen molar-refractivity contribution in [3.63, 3.8) is 0 Å². The molecule has 2 heterocycles. The summed E-state index contributed by atoms with van der Waals surface area (Å²) in [4.78, 5) is 13.6. The van der Waals surface area contributed by atoms with Crippen LogP contribution in [0.2, 0.25) is 0 Å². The Bertz CT molecular complexity index is 763. The fraction of sp³-hybridized carbons (Fsp3) is 0.235. The fourth-order valence-electron chi connectivity index (χ4n) is 2.38. The third-order valence-electron chi connectivity index (χ3n) is 3.53. The van der Waals surface area contributed by atoms with E-state index in [0.717, 1.165) is 27.9 Å². The Morgan fingerprint density at radius 3 is 2.55 bits per heavy atom. The highest BCUT2D eigenvalue weighted by Gasteiger charge is 2.10. The summed E-state index contributed by atoms with van der Waals surface area (Å²) in [6.07, 6.45) is 5.53. The molecule has 0 saturated carbocycles. The van der Waals surface area contributed by atoms with Gasteiger partial charge in [0.05, 0.1) is 23.6 Å².